The van der Waals surface area contributed by atoms with Crippen molar-refractivity contribution < 1.29 is 45.8 Å². The monoisotopic (exact) mass is 577 g/mol. The van der Waals surface area contributed by atoms with Crippen LogP contribution in [0.2, 0.25) is 10.0 Å². The third-order valence-electron chi connectivity index (χ3n) is 4.55. The number of ether oxygens (including phenoxy) is 2. The van der Waals surface area contributed by atoms with E-state index in [1.807, 2.05) is 0 Å². The average Bonchev–Trinajstić information content (AvgIpc) is 2.80. The molecule has 2 N–H and O–H groups in total. The van der Waals surface area contributed by atoms with E-state index in [-0.39, 0.29) is 17.3 Å². The Morgan fingerprint density at radius 1 is 1.03 bits per heavy atom. The zero-order valence-electron chi connectivity index (χ0n) is 18.9. The van der Waals surface area contributed by atoms with Crippen LogP contribution in [0, 0.1) is 11.6 Å². The summed E-state index contributed by atoms with van der Waals surface area (Å²) in [4.78, 5) is 40.4. The smallest absolute Gasteiger partial charge is 0.417 e. The Kier molecular flexibility index (Phi) is 8.74. The molecule has 0 saturated carbocycles. The van der Waals surface area contributed by atoms with E-state index in [2.05, 4.69) is 10.3 Å². The Balaban J connectivity index is 1.89. The molecule has 3 amide bonds. The van der Waals surface area contributed by atoms with Crippen molar-refractivity contribution in [3.05, 3.63) is 81.0 Å². The van der Waals surface area contributed by atoms with Crippen LogP contribution in [0.25, 0.3) is 0 Å². The molecule has 200 valence electrons. The van der Waals surface area contributed by atoms with Crippen molar-refractivity contribution in [2.75, 3.05) is 11.9 Å². The molecule has 38 heavy (non-hydrogen) atoms. The normalized spacial score (nSPS) is 11.1. The molecule has 1 aromatic heterocycles. The Morgan fingerprint density at radius 3 is 2.26 bits per heavy atom. The van der Waals surface area contributed by atoms with Crippen molar-refractivity contribution >= 4 is 46.8 Å². The number of nitrogens with one attached hydrogen (secondary N) is 2. The molecule has 0 aliphatic heterocycles. The predicted molar refractivity (Wildman–Crippen MR) is 125 cm³/mol. The highest BCUT2D eigenvalue weighted by atomic mass is 35.5. The highest BCUT2D eigenvalue weighted by Gasteiger charge is 2.32. The first-order valence-electron chi connectivity index (χ1n) is 10.3. The summed E-state index contributed by atoms with van der Waals surface area (Å²) in [6.07, 6.45) is -4.27. The lowest BCUT2D eigenvalue weighted by Gasteiger charge is -2.15. The van der Waals surface area contributed by atoms with Gasteiger partial charge in [-0.2, -0.15) is 13.2 Å². The molecule has 0 aliphatic carbocycles. The fraction of sp³-hybridized carbons (Fsp3) is 0.130. The van der Waals surface area contributed by atoms with Crippen molar-refractivity contribution in [2.45, 2.75) is 13.1 Å². The lowest BCUT2D eigenvalue weighted by atomic mass is 10.1. The maximum Gasteiger partial charge on any atom is 0.417 e. The fourth-order valence-corrected chi connectivity index (χ4v) is 3.39. The molecule has 0 atom stereocenters. The number of urea groups is 1. The van der Waals surface area contributed by atoms with Gasteiger partial charge in [0.1, 0.15) is 27.8 Å². The molecule has 0 aliphatic rings. The minimum absolute atomic E-state index is 0.101. The number of carbonyl (C=O) groups is 3. The number of anilines is 1. The molecule has 0 spiro atoms. The van der Waals surface area contributed by atoms with Crippen LogP contribution < -0.4 is 15.4 Å². The van der Waals surface area contributed by atoms with Crippen LogP contribution in [-0.4, -0.2) is 29.5 Å². The molecular weight excluding hydrogens is 564 g/mol. The first-order valence-corrected chi connectivity index (χ1v) is 11.0. The van der Waals surface area contributed by atoms with E-state index in [9.17, 15) is 36.3 Å². The second kappa shape index (κ2) is 11.6. The second-order valence-corrected chi connectivity index (χ2v) is 7.99. The van der Waals surface area contributed by atoms with Gasteiger partial charge in [-0.3, -0.25) is 10.1 Å². The molecule has 0 bridgehead atoms. The van der Waals surface area contributed by atoms with Crippen LogP contribution >= 0.6 is 23.2 Å². The van der Waals surface area contributed by atoms with Crippen molar-refractivity contribution in [3.63, 3.8) is 0 Å². The number of nitrogens with zero attached hydrogens (tertiary/aromatic N) is 1. The minimum Gasteiger partial charge on any atom is -0.462 e. The first kappa shape index (κ1) is 28.6. The van der Waals surface area contributed by atoms with E-state index in [0.717, 1.165) is 30.3 Å². The Morgan fingerprint density at radius 2 is 1.68 bits per heavy atom. The Hall–Kier alpha value is -3.97. The van der Waals surface area contributed by atoms with Crippen LogP contribution in [-0.2, 0) is 10.9 Å². The molecule has 0 unspecified atom stereocenters. The van der Waals surface area contributed by atoms with E-state index < -0.39 is 69.1 Å². The van der Waals surface area contributed by atoms with E-state index in [0.29, 0.717) is 12.3 Å². The molecular formula is C23H14Cl2F5N3O5. The summed E-state index contributed by atoms with van der Waals surface area (Å²) in [6, 6.07) is 4.02. The number of alkyl halides is 3. The lowest BCUT2D eigenvalue weighted by molar-refractivity contribution is -0.137. The number of hydrogen-bond acceptors (Lipinski definition) is 6. The van der Waals surface area contributed by atoms with Gasteiger partial charge in [0, 0.05) is 11.9 Å². The highest BCUT2D eigenvalue weighted by molar-refractivity contribution is 6.33. The van der Waals surface area contributed by atoms with Crippen molar-refractivity contribution in [1.29, 1.82) is 0 Å². The lowest BCUT2D eigenvalue weighted by Crippen LogP contribution is -2.35. The standard InChI is InChI=1S/C23H14Cl2F5N3O5/c1-2-37-21(35)12-7-11(32-22(36)33-19(34)17-15(26)4-3-5-16(17)27)8-13(24)18(12)38-20-14(25)6-10(9-31-20)23(28,29)30/h3-9H,2H2,1H3,(H2,32,33,34,36). The van der Waals surface area contributed by atoms with Gasteiger partial charge in [-0.15, -0.1) is 0 Å². The average molecular weight is 578 g/mol. The summed E-state index contributed by atoms with van der Waals surface area (Å²) in [5, 5.41) is 2.97. The third kappa shape index (κ3) is 6.66. The third-order valence-corrected chi connectivity index (χ3v) is 5.10. The van der Waals surface area contributed by atoms with Crippen LogP contribution in [0.5, 0.6) is 11.6 Å². The molecule has 2 aromatic carbocycles. The van der Waals surface area contributed by atoms with E-state index >= 15 is 0 Å². The number of imide groups is 1. The number of aromatic nitrogens is 1. The van der Waals surface area contributed by atoms with Gasteiger partial charge < -0.3 is 14.8 Å². The second-order valence-electron chi connectivity index (χ2n) is 7.17. The van der Waals surface area contributed by atoms with Crippen LogP contribution in [0.3, 0.4) is 0 Å². The molecule has 0 radical (unpaired) electrons. The zero-order chi connectivity index (χ0) is 28.2. The molecule has 15 heteroatoms. The SMILES string of the molecule is CCOC(=O)c1cc(NC(=O)NC(=O)c2c(F)cccc2F)cc(Cl)c1Oc1ncc(C(F)(F)F)cc1Cl. The van der Waals surface area contributed by atoms with E-state index in [4.69, 9.17) is 32.7 Å². The fourth-order valence-electron chi connectivity index (χ4n) is 2.92. The van der Waals surface area contributed by atoms with Gasteiger partial charge in [-0.25, -0.2) is 23.4 Å². The highest BCUT2D eigenvalue weighted by Crippen LogP contribution is 2.39. The first-order chi connectivity index (χ1) is 17.8. The van der Waals surface area contributed by atoms with Gasteiger partial charge in [-0.1, -0.05) is 29.3 Å². The summed E-state index contributed by atoms with van der Waals surface area (Å²) in [6.45, 7) is 1.38. The van der Waals surface area contributed by atoms with Gasteiger partial charge in [0.15, 0.2) is 5.75 Å². The van der Waals surface area contributed by atoms with Gasteiger partial charge in [0.25, 0.3) is 5.91 Å². The number of hydrogen-bond donors (Lipinski definition) is 2. The number of carbonyl (C=O) groups excluding carboxylic acids is 3. The summed E-state index contributed by atoms with van der Waals surface area (Å²) in [7, 11) is 0. The van der Waals surface area contributed by atoms with Crippen LogP contribution in [0.15, 0.2) is 42.6 Å². The molecule has 8 nitrogen and oxygen atoms in total. The van der Waals surface area contributed by atoms with Crippen LogP contribution in [0.1, 0.15) is 33.2 Å². The number of amides is 3. The number of halogens is 7. The topological polar surface area (TPSA) is 107 Å². The van der Waals surface area contributed by atoms with Gasteiger partial charge in [0.05, 0.1) is 17.2 Å². The number of pyridine rings is 1. The predicted octanol–water partition coefficient (Wildman–Crippen LogP) is 6.62. The maximum atomic E-state index is 13.8. The minimum atomic E-state index is -4.73. The van der Waals surface area contributed by atoms with Crippen LogP contribution in [0.4, 0.5) is 32.4 Å². The summed E-state index contributed by atoms with van der Waals surface area (Å²) in [5.74, 6) is -5.77. The molecule has 0 saturated heterocycles. The molecule has 1 heterocycles. The quantitative estimate of drug-likeness (QED) is 0.252. The number of rotatable bonds is 6. The molecule has 0 fully saturated rings. The summed E-state index contributed by atoms with van der Waals surface area (Å²) in [5.41, 5.74) is -2.76. The van der Waals surface area contributed by atoms with E-state index in [1.165, 1.54) is 6.92 Å². The van der Waals surface area contributed by atoms with Gasteiger partial charge in [0.2, 0.25) is 5.88 Å². The van der Waals surface area contributed by atoms with Crippen molar-refractivity contribution in [2.24, 2.45) is 0 Å². The summed E-state index contributed by atoms with van der Waals surface area (Å²) >= 11 is 12.0. The summed E-state index contributed by atoms with van der Waals surface area (Å²) < 4.78 is 76.6. The number of benzene rings is 2. The van der Waals surface area contributed by atoms with Crippen molar-refractivity contribution in [1.82, 2.24) is 10.3 Å². The Labute approximate surface area is 220 Å². The molecule has 3 rings (SSSR count). The maximum absolute atomic E-state index is 13.8. The van der Waals surface area contributed by atoms with E-state index in [1.54, 1.807) is 5.32 Å². The van der Waals surface area contributed by atoms with Crippen molar-refractivity contribution in [3.8, 4) is 11.6 Å². The largest absolute Gasteiger partial charge is 0.462 e. The van der Waals surface area contributed by atoms with Gasteiger partial charge >= 0.3 is 18.2 Å². The zero-order valence-corrected chi connectivity index (χ0v) is 20.4. The molecule has 3 aromatic rings. The number of esters is 1. The Bertz CT molecular complexity index is 1400. The van der Waals surface area contributed by atoms with Gasteiger partial charge in [-0.05, 0) is 37.3 Å².